The van der Waals surface area contributed by atoms with Crippen LogP contribution < -0.4 is 5.32 Å². The van der Waals surface area contributed by atoms with E-state index in [9.17, 15) is 0 Å². The van der Waals surface area contributed by atoms with Gasteiger partial charge in [-0.2, -0.15) is 11.8 Å². The van der Waals surface area contributed by atoms with Gasteiger partial charge in [-0.15, -0.1) is 0 Å². The van der Waals surface area contributed by atoms with Gasteiger partial charge in [0.05, 0.1) is 0 Å². The maximum atomic E-state index is 3.74. The second kappa shape index (κ2) is 9.85. The Bertz CT molecular complexity index is 111. The summed E-state index contributed by atoms with van der Waals surface area (Å²) < 4.78 is 0. The summed E-state index contributed by atoms with van der Waals surface area (Å²) in [5.41, 5.74) is 0. The van der Waals surface area contributed by atoms with Gasteiger partial charge in [-0.25, -0.2) is 0 Å². The lowest BCUT2D eigenvalue weighted by Gasteiger charge is -2.22. The zero-order valence-corrected chi connectivity index (χ0v) is 11.1. The zero-order chi connectivity index (χ0) is 10.8. The Morgan fingerprint density at radius 3 is 2.07 bits per heavy atom. The molecular weight excluding hydrogens is 190 g/mol. The Labute approximate surface area is 94.4 Å². The van der Waals surface area contributed by atoms with Crippen LogP contribution in [0.4, 0.5) is 0 Å². The summed E-state index contributed by atoms with van der Waals surface area (Å²) in [4.78, 5) is 0. The van der Waals surface area contributed by atoms with Gasteiger partial charge in [0.2, 0.25) is 0 Å². The van der Waals surface area contributed by atoms with Gasteiger partial charge in [0, 0.05) is 12.1 Å². The van der Waals surface area contributed by atoms with Crippen molar-refractivity contribution in [1.29, 1.82) is 0 Å². The van der Waals surface area contributed by atoms with Crippen molar-refractivity contribution in [3.05, 3.63) is 0 Å². The molecule has 1 unspecified atom stereocenters. The summed E-state index contributed by atoms with van der Waals surface area (Å²) in [5.74, 6) is 1.28. The third-order valence-electron chi connectivity index (χ3n) is 2.55. The van der Waals surface area contributed by atoms with Crippen molar-refractivity contribution in [3.8, 4) is 0 Å². The number of hydrogen-bond acceptors (Lipinski definition) is 2. The van der Waals surface area contributed by atoms with Crippen molar-refractivity contribution in [2.75, 3.05) is 12.0 Å². The number of thioether (sulfide) groups is 1. The highest BCUT2D eigenvalue weighted by molar-refractivity contribution is 7.98. The molecule has 14 heavy (non-hydrogen) atoms. The quantitative estimate of drug-likeness (QED) is 0.632. The summed E-state index contributed by atoms with van der Waals surface area (Å²) in [5, 5.41) is 3.74. The summed E-state index contributed by atoms with van der Waals surface area (Å²) in [6, 6.07) is 1.44. The third-order valence-corrected chi connectivity index (χ3v) is 3.19. The van der Waals surface area contributed by atoms with Crippen LogP contribution in [0.15, 0.2) is 0 Å². The van der Waals surface area contributed by atoms with Gasteiger partial charge < -0.3 is 5.32 Å². The molecule has 0 bridgehead atoms. The van der Waals surface area contributed by atoms with E-state index in [-0.39, 0.29) is 0 Å². The van der Waals surface area contributed by atoms with Crippen molar-refractivity contribution >= 4 is 11.8 Å². The van der Waals surface area contributed by atoms with Crippen LogP contribution >= 0.6 is 11.8 Å². The van der Waals surface area contributed by atoms with E-state index in [2.05, 4.69) is 32.3 Å². The molecule has 0 rings (SSSR count). The highest BCUT2D eigenvalue weighted by atomic mass is 32.2. The van der Waals surface area contributed by atoms with E-state index in [1.807, 2.05) is 11.8 Å². The van der Waals surface area contributed by atoms with Crippen molar-refractivity contribution in [1.82, 2.24) is 5.32 Å². The summed E-state index contributed by atoms with van der Waals surface area (Å²) >= 11 is 1.94. The first-order chi connectivity index (χ1) is 6.74. The fraction of sp³-hybridized carbons (Fsp3) is 1.00. The molecule has 0 radical (unpaired) electrons. The Balaban J connectivity index is 3.64. The molecule has 0 aliphatic heterocycles. The van der Waals surface area contributed by atoms with E-state index in [1.54, 1.807) is 0 Å². The van der Waals surface area contributed by atoms with Crippen LogP contribution in [0.1, 0.15) is 52.9 Å². The van der Waals surface area contributed by atoms with Gasteiger partial charge in [-0.1, -0.05) is 26.7 Å². The third kappa shape index (κ3) is 7.69. The van der Waals surface area contributed by atoms with Crippen LogP contribution in [-0.4, -0.2) is 24.1 Å². The van der Waals surface area contributed by atoms with Gasteiger partial charge >= 0.3 is 0 Å². The Morgan fingerprint density at radius 1 is 1.07 bits per heavy atom. The minimum Gasteiger partial charge on any atom is -0.311 e. The average Bonchev–Trinajstić information content (AvgIpc) is 2.15. The van der Waals surface area contributed by atoms with Crippen LogP contribution in [-0.2, 0) is 0 Å². The first-order valence-corrected chi connectivity index (χ1v) is 7.38. The van der Waals surface area contributed by atoms with E-state index in [1.165, 1.54) is 37.9 Å². The van der Waals surface area contributed by atoms with Gasteiger partial charge in [0.1, 0.15) is 0 Å². The normalized spacial score (nSPS) is 13.5. The topological polar surface area (TPSA) is 12.0 Å². The Morgan fingerprint density at radius 2 is 1.64 bits per heavy atom. The SMILES string of the molecule is CCCC(CCC)NC(C)CCSC. The lowest BCUT2D eigenvalue weighted by molar-refractivity contribution is 0.392. The van der Waals surface area contributed by atoms with Crippen LogP contribution in [0, 0.1) is 0 Å². The molecule has 1 atom stereocenters. The van der Waals surface area contributed by atoms with Crippen LogP contribution in [0.3, 0.4) is 0 Å². The summed E-state index contributed by atoms with van der Waals surface area (Å²) in [6.45, 7) is 6.86. The molecule has 0 aromatic rings. The standard InChI is InChI=1S/C12H27NS/c1-5-7-12(8-6-2)13-11(3)9-10-14-4/h11-13H,5-10H2,1-4H3. The predicted molar refractivity (Wildman–Crippen MR) is 69.2 cm³/mol. The monoisotopic (exact) mass is 217 g/mol. The molecule has 0 spiro atoms. The van der Waals surface area contributed by atoms with E-state index in [4.69, 9.17) is 0 Å². The molecule has 86 valence electrons. The molecule has 1 nitrogen and oxygen atoms in total. The zero-order valence-electron chi connectivity index (χ0n) is 10.3. The molecule has 0 fully saturated rings. The largest absolute Gasteiger partial charge is 0.311 e. The number of rotatable bonds is 9. The molecule has 0 aliphatic rings. The van der Waals surface area contributed by atoms with Crippen molar-refractivity contribution in [3.63, 3.8) is 0 Å². The first kappa shape index (κ1) is 14.3. The van der Waals surface area contributed by atoms with Gasteiger partial charge in [-0.3, -0.25) is 0 Å². The Hall–Kier alpha value is 0.310. The fourth-order valence-electron chi connectivity index (χ4n) is 1.79. The molecule has 0 aromatic carbocycles. The molecule has 2 heteroatoms. The molecule has 0 amide bonds. The molecule has 0 aromatic heterocycles. The van der Waals surface area contributed by atoms with E-state index in [0.717, 1.165) is 6.04 Å². The van der Waals surface area contributed by atoms with Crippen molar-refractivity contribution < 1.29 is 0 Å². The van der Waals surface area contributed by atoms with Crippen molar-refractivity contribution in [2.24, 2.45) is 0 Å². The predicted octanol–water partition coefficient (Wildman–Crippen LogP) is 3.69. The van der Waals surface area contributed by atoms with Crippen molar-refractivity contribution in [2.45, 2.75) is 65.0 Å². The average molecular weight is 217 g/mol. The van der Waals surface area contributed by atoms with Gasteiger partial charge in [-0.05, 0) is 38.2 Å². The van der Waals surface area contributed by atoms with Gasteiger partial charge in [0.15, 0.2) is 0 Å². The van der Waals surface area contributed by atoms with Crippen LogP contribution in [0.25, 0.3) is 0 Å². The minimum atomic E-state index is 0.686. The molecule has 0 saturated carbocycles. The lowest BCUT2D eigenvalue weighted by atomic mass is 10.1. The second-order valence-corrected chi connectivity index (χ2v) is 5.11. The van der Waals surface area contributed by atoms with E-state index in [0.29, 0.717) is 6.04 Å². The fourth-order valence-corrected chi connectivity index (χ4v) is 2.38. The highest BCUT2D eigenvalue weighted by Crippen LogP contribution is 2.08. The molecule has 0 saturated heterocycles. The van der Waals surface area contributed by atoms with Gasteiger partial charge in [0.25, 0.3) is 0 Å². The molecular formula is C12H27NS. The summed E-state index contributed by atoms with van der Waals surface area (Å²) in [6.07, 6.45) is 8.74. The smallest absolute Gasteiger partial charge is 0.00693 e. The number of hydrogen-bond donors (Lipinski definition) is 1. The number of nitrogens with one attached hydrogen (secondary N) is 1. The van der Waals surface area contributed by atoms with E-state index < -0.39 is 0 Å². The lowest BCUT2D eigenvalue weighted by Crippen LogP contribution is -2.36. The Kier molecular flexibility index (Phi) is 10.1. The maximum Gasteiger partial charge on any atom is 0.00693 e. The second-order valence-electron chi connectivity index (χ2n) is 4.12. The molecule has 0 heterocycles. The first-order valence-electron chi connectivity index (χ1n) is 5.99. The molecule has 0 aliphatic carbocycles. The maximum absolute atomic E-state index is 3.74. The minimum absolute atomic E-state index is 0.686. The van der Waals surface area contributed by atoms with Crippen LogP contribution in [0.5, 0.6) is 0 Å². The summed E-state index contributed by atoms with van der Waals surface area (Å²) in [7, 11) is 0. The van der Waals surface area contributed by atoms with E-state index >= 15 is 0 Å². The molecule has 1 N–H and O–H groups in total. The van der Waals surface area contributed by atoms with Crippen LogP contribution in [0.2, 0.25) is 0 Å². The highest BCUT2D eigenvalue weighted by Gasteiger charge is 2.09.